The molecule has 1 aliphatic heterocycles. The van der Waals surface area contributed by atoms with Gasteiger partial charge >= 0.3 is 0 Å². The van der Waals surface area contributed by atoms with E-state index >= 15 is 0 Å². The monoisotopic (exact) mass is 229 g/mol. The minimum atomic E-state index is -0.455. The average molecular weight is 229 g/mol. The van der Waals surface area contributed by atoms with Crippen LogP contribution in [-0.4, -0.2) is 35.9 Å². The Labute approximate surface area is 97.4 Å². The van der Waals surface area contributed by atoms with Crippen LogP contribution >= 0.6 is 0 Å². The van der Waals surface area contributed by atoms with E-state index in [0.29, 0.717) is 6.61 Å². The lowest BCUT2D eigenvalue weighted by Gasteiger charge is -2.31. The van der Waals surface area contributed by atoms with Gasteiger partial charge in [0, 0.05) is 0 Å². The second-order valence-corrected chi connectivity index (χ2v) is 4.71. The van der Waals surface area contributed by atoms with Crippen molar-refractivity contribution in [3.05, 3.63) is 0 Å². The molecule has 0 aromatic carbocycles. The molecule has 1 fully saturated rings. The van der Waals surface area contributed by atoms with Gasteiger partial charge in [-0.15, -0.1) is 0 Å². The van der Waals surface area contributed by atoms with Crippen molar-refractivity contribution < 1.29 is 14.6 Å². The van der Waals surface area contributed by atoms with Crippen LogP contribution in [0.1, 0.15) is 40.0 Å². The molecule has 1 heterocycles. The van der Waals surface area contributed by atoms with Crippen LogP contribution in [0.15, 0.2) is 0 Å². The molecule has 0 bridgehead atoms. The first-order valence-corrected chi connectivity index (χ1v) is 6.11. The largest absolute Gasteiger partial charge is 0.394 e. The van der Waals surface area contributed by atoms with Gasteiger partial charge in [-0.05, 0) is 26.2 Å². The van der Waals surface area contributed by atoms with Crippen LogP contribution < -0.4 is 5.32 Å². The van der Waals surface area contributed by atoms with Gasteiger partial charge in [-0.3, -0.25) is 4.79 Å². The van der Waals surface area contributed by atoms with E-state index in [-0.39, 0.29) is 24.5 Å². The Balaban J connectivity index is 2.55. The second kappa shape index (κ2) is 5.64. The van der Waals surface area contributed by atoms with Crippen LogP contribution in [0.4, 0.5) is 0 Å². The normalized spacial score (nSPS) is 25.8. The maximum Gasteiger partial charge on any atom is 0.226 e. The first kappa shape index (κ1) is 13.5. The van der Waals surface area contributed by atoms with E-state index in [9.17, 15) is 9.90 Å². The number of aliphatic hydroxyl groups is 1. The number of amides is 1. The first-order valence-electron chi connectivity index (χ1n) is 6.11. The van der Waals surface area contributed by atoms with E-state index in [4.69, 9.17) is 4.74 Å². The zero-order valence-corrected chi connectivity index (χ0v) is 10.5. The van der Waals surface area contributed by atoms with E-state index in [1.165, 1.54) is 0 Å². The number of hydrogen-bond acceptors (Lipinski definition) is 3. The van der Waals surface area contributed by atoms with Crippen LogP contribution in [0.3, 0.4) is 0 Å². The Hall–Kier alpha value is -0.610. The highest BCUT2D eigenvalue weighted by molar-refractivity contribution is 5.79. The van der Waals surface area contributed by atoms with Crippen molar-refractivity contribution in [2.24, 2.45) is 5.92 Å². The molecule has 4 heteroatoms. The van der Waals surface area contributed by atoms with Gasteiger partial charge in [-0.2, -0.15) is 0 Å². The minimum absolute atomic E-state index is 0.00509. The zero-order valence-electron chi connectivity index (χ0n) is 10.5. The Kier molecular flexibility index (Phi) is 4.74. The quantitative estimate of drug-likeness (QED) is 0.741. The third kappa shape index (κ3) is 2.95. The van der Waals surface area contributed by atoms with Crippen molar-refractivity contribution in [3.63, 3.8) is 0 Å². The fourth-order valence-corrected chi connectivity index (χ4v) is 2.05. The molecule has 0 saturated carbocycles. The number of carbonyl (C=O) groups excluding carboxylic acids is 1. The number of hydrogen-bond donors (Lipinski definition) is 2. The van der Waals surface area contributed by atoms with Gasteiger partial charge in [0.05, 0.1) is 30.8 Å². The molecule has 2 N–H and O–H groups in total. The molecule has 0 aliphatic carbocycles. The number of aliphatic hydroxyl groups excluding tert-OH is 1. The van der Waals surface area contributed by atoms with Gasteiger partial charge in [-0.1, -0.05) is 13.8 Å². The average Bonchev–Trinajstić information content (AvgIpc) is 2.73. The molecular weight excluding hydrogens is 206 g/mol. The maximum absolute atomic E-state index is 12.0. The van der Waals surface area contributed by atoms with Crippen LogP contribution in [0.2, 0.25) is 0 Å². The van der Waals surface area contributed by atoms with Crippen LogP contribution in [-0.2, 0) is 9.53 Å². The molecule has 2 unspecified atom stereocenters. The summed E-state index contributed by atoms with van der Waals surface area (Å²) >= 11 is 0. The summed E-state index contributed by atoms with van der Waals surface area (Å²) < 4.78 is 5.38. The fraction of sp³-hybridized carbons (Fsp3) is 0.917. The summed E-state index contributed by atoms with van der Waals surface area (Å²) in [5.41, 5.74) is -0.455. The zero-order chi connectivity index (χ0) is 12.2. The predicted octanol–water partition coefficient (Wildman–Crippen LogP) is 1.08. The van der Waals surface area contributed by atoms with Gasteiger partial charge in [0.1, 0.15) is 0 Å². The van der Waals surface area contributed by atoms with Crippen LogP contribution in [0, 0.1) is 5.92 Å². The van der Waals surface area contributed by atoms with Gasteiger partial charge < -0.3 is 15.2 Å². The van der Waals surface area contributed by atoms with Gasteiger partial charge in [0.15, 0.2) is 0 Å². The topological polar surface area (TPSA) is 58.6 Å². The molecule has 1 rings (SSSR count). The highest BCUT2D eigenvalue weighted by Gasteiger charge is 2.33. The molecule has 1 saturated heterocycles. The third-order valence-electron chi connectivity index (χ3n) is 3.61. The molecule has 0 aromatic rings. The summed E-state index contributed by atoms with van der Waals surface area (Å²) in [5, 5.41) is 12.3. The first-order chi connectivity index (χ1) is 7.56. The molecule has 0 radical (unpaired) electrons. The molecule has 1 amide bonds. The minimum Gasteiger partial charge on any atom is -0.394 e. The molecule has 0 aromatic heterocycles. The van der Waals surface area contributed by atoms with E-state index in [1.807, 2.05) is 20.8 Å². The van der Waals surface area contributed by atoms with E-state index in [0.717, 1.165) is 19.3 Å². The number of ether oxygens (including phenoxy) is 1. The third-order valence-corrected chi connectivity index (χ3v) is 3.61. The van der Waals surface area contributed by atoms with Crippen molar-refractivity contribution in [2.75, 3.05) is 13.2 Å². The van der Waals surface area contributed by atoms with E-state index in [2.05, 4.69) is 5.32 Å². The Morgan fingerprint density at radius 2 is 2.12 bits per heavy atom. The SMILES string of the molecule is CCC(CC)(CO)NC(=O)C1COC(C)C1. The van der Waals surface area contributed by atoms with Gasteiger partial charge in [0.25, 0.3) is 0 Å². The van der Waals surface area contributed by atoms with Crippen molar-refractivity contribution in [1.29, 1.82) is 0 Å². The lowest BCUT2D eigenvalue weighted by atomic mass is 9.92. The molecule has 4 nitrogen and oxygen atoms in total. The fourth-order valence-electron chi connectivity index (χ4n) is 2.05. The number of rotatable bonds is 5. The summed E-state index contributed by atoms with van der Waals surface area (Å²) in [4.78, 5) is 12.0. The molecular formula is C12H23NO3. The molecule has 16 heavy (non-hydrogen) atoms. The Morgan fingerprint density at radius 3 is 2.50 bits per heavy atom. The molecule has 2 atom stereocenters. The van der Waals surface area contributed by atoms with E-state index in [1.54, 1.807) is 0 Å². The van der Waals surface area contributed by atoms with Crippen molar-refractivity contribution in [1.82, 2.24) is 5.32 Å². The van der Waals surface area contributed by atoms with Crippen LogP contribution in [0.5, 0.6) is 0 Å². The lowest BCUT2D eigenvalue weighted by molar-refractivity contribution is -0.127. The van der Waals surface area contributed by atoms with Crippen molar-refractivity contribution in [3.8, 4) is 0 Å². The second-order valence-electron chi connectivity index (χ2n) is 4.71. The summed E-state index contributed by atoms with van der Waals surface area (Å²) in [5.74, 6) is -0.0406. The maximum atomic E-state index is 12.0. The summed E-state index contributed by atoms with van der Waals surface area (Å²) in [6.07, 6.45) is 2.44. The summed E-state index contributed by atoms with van der Waals surface area (Å²) in [6, 6.07) is 0. The highest BCUT2D eigenvalue weighted by atomic mass is 16.5. The number of carbonyl (C=O) groups is 1. The number of nitrogens with one attached hydrogen (secondary N) is 1. The van der Waals surface area contributed by atoms with Crippen molar-refractivity contribution >= 4 is 5.91 Å². The summed E-state index contributed by atoms with van der Waals surface area (Å²) in [7, 11) is 0. The van der Waals surface area contributed by atoms with Gasteiger partial charge in [-0.25, -0.2) is 0 Å². The Morgan fingerprint density at radius 1 is 1.50 bits per heavy atom. The lowest BCUT2D eigenvalue weighted by Crippen LogP contribution is -2.52. The predicted molar refractivity (Wildman–Crippen MR) is 62.1 cm³/mol. The van der Waals surface area contributed by atoms with Crippen molar-refractivity contribution in [2.45, 2.75) is 51.7 Å². The standard InChI is InChI=1S/C12H23NO3/c1-4-12(5-2,8-14)13-11(15)10-6-9(3)16-7-10/h9-10,14H,4-8H2,1-3H3,(H,13,15). The molecule has 0 spiro atoms. The molecule has 94 valence electrons. The smallest absolute Gasteiger partial charge is 0.226 e. The van der Waals surface area contributed by atoms with E-state index < -0.39 is 5.54 Å². The molecule has 1 aliphatic rings. The van der Waals surface area contributed by atoms with Crippen LogP contribution in [0.25, 0.3) is 0 Å². The Bertz CT molecular complexity index is 230. The van der Waals surface area contributed by atoms with Gasteiger partial charge in [0.2, 0.25) is 5.91 Å². The highest BCUT2D eigenvalue weighted by Crippen LogP contribution is 2.21. The summed E-state index contributed by atoms with van der Waals surface area (Å²) in [6.45, 7) is 6.44.